The predicted molar refractivity (Wildman–Crippen MR) is 70.8 cm³/mol. The van der Waals surface area contributed by atoms with E-state index < -0.39 is 0 Å². The number of aromatic amines is 1. The normalized spacial score (nSPS) is 12.3. The zero-order chi connectivity index (χ0) is 13.1. The second kappa shape index (κ2) is 5.16. The molecule has 0 aliphatic carbocycles. The monoisotopic (exact) mass is 271 g/mol. The molecule has 2 aromatic heterocycles. The molecule has 0 spiro atoms. The summed E-state index contributed by atoms with van der Waals surface area (Å²) in [5, 5.41) is 14.9. The second-order valence-electron chi connectivity index (χ2n) is 4.01. The van der Waals surface area contributed by atoms with E-state index in [9.17, 15) is 0 Å². The minimum absolute atomic E-state index is 0.155. The minimum Gasteiger partial charge on any atom is -0.260 e. The first-order chi connectivity index (χ1) is 9.34. The summed E-state index contributed by atoms with van der Waals surface area (Å²) >= 11 is 5.92. The molecular formula is C13H10ClN5. The van der Waals surface area contributed by atoms with Gasteiger partial charge in [-0.25, -0.2) is 0 Å². The van der Waals surface area contributed by atoms with Gasteiger partial charge in [0.05, 0.1) is 11.6 Å². The van der Waals surface area contributed by atoms with Crippen molar-refractivity contribution in [2.75, 3.05) is 0 Å². The third-order valence-electron chi connectivity index (χ3n) is 2.81. The Balaban J connectivity index is 2.10. The lowest BCUT2D eigenvalue weighted by Gasteiger charge is -2.13. The van der Waals surface area contributed by atoms with Crippen LogP contribution in [0.25, 0.3) is 0 Å². The van der Waals surface area contributed by atoms with Gasteiger partial charge in [-0.15, -0.1) is 10.2 Å². The third kappa shape index (κ3) is 2.46. The Morgan fingerprint density at radius 2 is 1.89 bits per heavy atom. The number of H-pyrrole nitrogens is 1. The Morgan fingerprint density at radius 3 is 2.53 bits per heavy atom. The van der Waals surface area contributed by atoms with Crippen molar-refractivity contribution in [1.29, 1.82) is 0 Å². The lowest BCUT2D eigenvalue weighted by atomic mass is 9.94. The molecule has 0 amide bonds. The first kappa shape index (κ1) is 11.8. The van der Waals surface area contributed by atoms with Crippen molar-refractivity contribution in [3.05, 3.63) is 70.8 Å². The summed E-state index contributed by atoms with van der Waals surface area (Å²) in [5.41, 5.74) is 1.88. The minimum atomic E-state index is -0.155. The lowest BCUT2D eigenvalue weighted by Crippen LogP contribution is -2.07. The largest absolute Gasteiger partial charge is 0.260 e. The molecule has 6 heteroatoms. The molecule has 3 rings (SSSR count). The van der Waals surface area contributed by atoms with Crippen LogP contribution < -0.4 is 0 Å². The van der Waals surface area contributed by atoms with Gasteiger partial charge in [-0.05, 0) is 29.8 Å². The van der Waals surface area contributed by atoms with Gasteiger partial charge in [0.1, 0.15) is 0 Å². The second-order valence-corrected chi connectivity index (χ2v) is 4.45. The number of rotatable bonds is 3. The van der Waals surface area contributed by atoms with Crippen molar-refractivity contribution in [3.63, 3.8) is 0 Å². The molecule has 94 valence electrons. The maximum absolute atomic E-state index is 5.92. The molecule has 1 atom stereocenters. The molecule has 0 fully saturated rings. The van der Waals surface area contributed by atoms with E-state index in [0.717, 1.165) is 11.3 Å². The average Bonchev–Trinajstić information content (AvgIpc) is 2.96. The average molecular weight is 272 g/mol. The van der Waals surface area contributed by atoms with Crippen LogP contribution >= 0.6 is 11.6 Å². The van der Waals surface area contributed by atoms with Crippen LogP contribution in [0.1, 0.15) is 23.0 Å². The van der Waals surface area contributed by atoms with E-state index in [1.807, 2.05) is 42.5 Å². The first-order valence-electron chi connectivity index (χ1n) is 5.74. The third-order valence-corrected chi connectivity index (χ3v) is 3.06. The van der Waals surface area contributed by atoms with Gasteiger partial charge in [-0.3, -0.25) is 4.98 Å². The molecule has 2 heterocycles. The number of nitrogens with zero attached hydrogens (tertiary/aromatic N) is 4. The van der Waals surface area contributed by atoms with E-state index in [1.165, 1.54) is 0 Å². The van der Waals surface area contributed by atoms with Gasteiger partial charge in [0.15, 0.2) is 5.82 Å². The highest BCUT2D eigenvalue weighted by Gasteiger charge is 2.21. The van der Waals surface area contributed by atoms with Gasteiger partial charge in [0.2, 0.25) is 0 Å². The number of tetrazole rings is 1. The fourth-order valence-corrected chi connectivity index (χ4v) is 2.07. The van der Waals surface area contributed by atoms with E-state index in [-0.39, 0.29) is 5.92 Å². The molecule has 5 nitrogen and oxygen atoms in total. The van der Waals surface area contributed by atoms with Crippen molar-refractivity contribution in [2.45, 2.75) is 5.92 Å². The molecular weight excluding hydrogens is 262 g/mol. The van der Waals surface area contributed by atoms with Crippen LogP contribution in [0.2, 0.25) is 5.02 Å². The fourth-order valence-electron chi connectivity index (χ4n) is 1.95. The van der Waals surface area contributed by atoms with E-state index in [1.54, 1.807) is 6.20 Å². The van der Waals surface area contributed by atoms with Crippen LogP contribution in [0, 0.1) is 0 Å². The molecule has 0 saturated carbocycles. The fraction of sp³-hybridized carbons (Fsp3) is 0.0769. The SMILES string of the molecule is Clc1ccc([C@@H](c2ccccn2)c2nn[nH]n2)cc1. The van der Waals surface area contributed by atoms with Gasteiger partial charge in [0, 0.05) is 11.2 Å². The topological polar surface area (TPSA) is 67.3 Å². The molecule has 19 heavy (non-hydrogen) atoms. The van der Waals surface area contributed by atoms with E-state index in [4.69, 9.17) is 11.6 Å². The maximum atomic E-state index is 5.92. The van der Waals surface area contributed by atoms with E-state index >= 15 is 0 Å². The van der Waals surface area contributed by atoms with Gasteiger partial charge < -0.3 is 0 Å². The molecule has 1 N–H and O–H groups in total. The standard InChI is InChI=1S/C13H10ClN5/c14-10-6-4-9(5-7-10)12(13-16-18-19-17-13)11-3-1-2-8-15-11/h1-8,12H,(H,16,17,18,19)/t12-/m0/s1. The zero-order valence-corrected chi connectivity index (χ0v) is 10.6. The van der Waals surface area contributed by atoms with Crippen molar-refractivity contribution in [1.82, 2.24) is 25.6 Å². The molecule has 0 aliphatic rings. The highest BCUT2D eigenvalue weighted by molar-refractivity contribution is 6.30. The van der Waals surface area contributed by atoms with Crippen molar-refractivity contribution >= 4 is 11.6 Å². The first-order valence-corrected chi connectivity index (χ1v) is 6.12. The summed E-state index contributed by atoms with van der Waals surface area (Å²) in [4.78, 5) is 4.38. The van der Waals surface area contributed by atoms with Crippen molar-refractivity contribution in [2.24, 2.45) is 0 Å². The summed E-state index contributed by atoms with van der Waals surface area (Å²) < 4.78 is 0. The number of halogens is 1. The molecule has 0 aliphatic heterocycles. The predicted octanol–water partition coefficient (Wildman–Crippen LogP) is 2.43. The van der Waals surface area contributed by atoms with Crippen LogP contribution in [0.15, 0.2) is 48.7 Å². The van der Waals surface area contributed by atoms with Crippen molar-refractivity contribution < 1.29 is 0 Å². The summed E-state index contributed by atoms with van der Waals surface area (Å²) in [7, 11) is 0. The van der Waals surface area contributed by atoms with Crippen LogP contribution in [0.4, 0.5) is 0 Å². The number of nitrogens with one attached hydrogen (secondary N) is 1. The molecule has 0 bridgehead atoms. The Hall–Kier alpha value is -2.27. The van der Waals surface area contributed by atoms with Gasteiger partial charge in [-0.2, -0.15) is 5.21 Å². The van der Waals surface area contributed by atoms with Crippen molar-refractivity contribution in [3.8, 4) is 0 Å². The van der Waals surface area contributed by atoms with Gasteiger partial charge in [-0.1, -0.05) is 35.0 Å². The number of hydrogen-bond donors (Lipinski definition) is 1. The summed E-state index contributed by atoms with van der Waals surface area (Å²) in [6.07, 6.45) is 1.75. The lowest BCUT2D eigenvalue weighted by molar-refractivity contribution is 0.829. The maximum Gasteiger partial charge on any atom is 0.187 e. The highest BCUT2D eigenvalue weighted by atomic mass is 35.5. The van der Waals surface area contributed by atoms with Gasteiger partial charge >= 0.3 is 0 Å². The van der Waals surface area contributed by atoms with Crippen LogP contribution in [0.3, 0.4) is 0 Å². The number of hydrogen-bond acceptors (Lipinski definition) is 4. The number of pyridine rings is 1. The Labute approximate surface area is 114 Å². The highest BCUT2D eigenvalue weighted by Crippen LogP contribution is 2.28. The summed E-state index contributed by atoms with van der Waals surface area (Å²) in [5.74, 6) is 0.429. The van der Waals surface area contributed by atoms with E-state index in [0.29, 0.717) is 10.8 Å². The Kier molecular flexibility index (Phi) is 3.20. The molecule has 0 unspecified atom stereocenters. The molecule has 1 aromatic carbocycles. The summed E-state index contributed by atoms with van der Waals surface area (Å²) in [6.45, 7) is 0. The van der Waals surface area contributed by atoms with Gasteiger partial charge in [0.25, 0.3) is 0 Å². The molecule has 3 aromatic rings. The quantitative estimate of drug-likeness (QED) is 0.794. The molecule has 0 radical (unpaired) electrons. The number of aromatic nitrogens is 5. The number of benzene rings is 1. The van der Waals surface area contributed by atoms with Crippen LogP contribution in [-0.4, -0.2) is 25.6 Å². The zero-order valence-electron chi connectivity index (χ0n) is 9.86. The summed E-state index contributed by atoms with van der Waals surface area (Å²) in [6, 6.07) is 13.3. The van der Waals surface area contributed by atoms with Crippen LogP contribution in [0.5, 0.6) is 0 Å². The Bertz CT molecular complexity index is 637. The van der Waals surface area contributed by atoms with E-state index in [2.05, 4.69) is 25.6 Å². The Morgan fingerprint density at radius 1 is 1.05 bits per heavy atom. The molecule has 0 saturated heterocycles. The smallest absolute Gasteiger partial charge is 0.187 e. The van der Waals surface area contributed by atoms with Crippen LogP contribution in [-0.2, 0) is 0 Å².